The third kappa shape index (κ3) is 2.88. The second-order valence-electron chi connectivity index (χ2n) is 3.91. The van der Waals surface area contributed by atoms with Gasteiger partial charge < -0.3 is 11.1 Å². The molecule has 0 saturated carbocycles. The van der Waals surface area contributed by atoms with E-state index in [9.17, 15) is 13.2 Å². The number of nitrogens with zero attached hydrogens (tertiary/aromatic N) is 3. The average molecular weight is 293 g/mol. The molecule has 104 valence electrons. The van der Waals surface area contributed by atoms with Gasteiger partial charge >= 0.3 is 0 Å². The monoisotopic (exact) mass is 293 g/mol. The van der Waals surface area contributed by atoms with Crippen molar-refractivity contribution in [2.75, 3.05) is 11.6 Å². The van der Waals surface area contributed by atoms with Gasteiger partial charge in [0.05, 0.1) is 11.9 Å². The van der Waals surface area contributed by atoms with Crippen molar-refractivity contribution in [2.24, 2.45) is 5.73 Å². The second-order valence-corrected chi connectivity index (χ2v) is 5.89. The summed E-state index contributed by atoms with van der Waals surface area (Å²) >= 11 is 0. The average Bonchev–Trinajstić information content (AvgIpc) is 2.38. The fourth-order valence-corrected chi connectivity index (χ4v) is 2.31. The number of nitrogens with two attached hydrogens (primary N) is 1. The van der Waals surface area contributed by atoms with Crippen LogP contribution in [0.2, 0.25) is 0 Å². The number of hydrogen-bond donors (Lipinski definition) is 2. The van der Waals surface area contributed by atoms with E-state index in [-0.39, 0.29) is 22.1 Å². The van der Waals surface area contributed by atoms with Crippen LogP contribution in [0.5, 0.6) is 0 Å². The van der Waals surface area contributed by atoms with E-state index in [1.54, 1.807) is 0 Å². The first kappa shape index (κ1) is 13.9. The molecule has 0 radical (unpaired) electrons. The Balaban J connectivity index is 2.49. The summed E-state index contributed by atoms with van der Waals surface area (Å²) in [7, 11) is -3.46. The number of anilines is 2. The third-order valence-corrected chi connectivity index (χ3v) is 3.51. The lowest BCUT2D eigenvalue weighted by atomic mass is 10.3. The van der Waals surface area contributed by atoms with Crippen LogP contribution in [0.15, 0.2) is 35.5 Å². The van der Waals surface area contributed by atoms with Gasteiger partial charge in [-0.1, -0.05) is 0 Å². The predicted octanol–water partition coefficient (Wildman–Crippen LogP) is 0.118. The zero-order valence-electron chi connectivity index (χ0n) is 10.4. The van der Waals surface area contributed by atoms with E-state index < -0.39 is 15.7 Å². The molecule has 0 spiro atoms. The first-order valence-corrected chi connectivity index (χ1v) is 7.32. The number of aromatic nitrogens is 3. The first-order chi connectivity index (χ1) is 9.39. The van der Waals surface area contributed by atoms with Crippen LogP contribution in [0.25, 0.3) is 0 Å². The molecule has 0 aliphatic heterocycles. The molecule has 0 unspecified atom stereocenters. The number of pyridine rings is 1. The summed E-state index contributed by atoms with van der Waals surface area (Å²) < 4.78 is 23.3. The quantitative estimate of drug-likeness (QED) is 0.819. The number of carbonyl (C=O) groups is 1. The van der Waals surface area contributed by atoms with Gasteiger partial charge in [0.25, 0.3) is 5.91 Å². The van der Waals surface area contributed by atoms with Crippen LogP contribution in [-0.2, 0) is 9.84 Å². The van der Waals surface area contributed by atoms with Crippen LogP contribution in [0.3, 0.4) is 0 Å². The van der Waals surface area contributed by atoms with Crippen LogP contribution in [0.4, 0.5) is 11.5 Å². The van der Waals surface area contributed by atoms with Crippen molar-refractivity contribution in [1.29, 1.82) is 0 Å². The molecule has 2 rings (SSSR count). The van der Waals surface area contributed by atoms with Gasteiger partial charge in [-0.25, -0.2) is 13.4 Å². The molecular weight excluding hydrogens is 282 g/mol. The van der Waals surface area contributed by atoms with Crippen LogP contribution in [0, 0.1) is 0 Å². The van der Waals surface area contributed by atoms with Gasteiger partial charge in [-0.3, -0.25) is 4.79 Å². The molecule has 2 aromatic rings. The lowest BCUT2D eigenvalue weighted by Gasteiger charge is -2.10. The van der Waals surface area contributed by atoms with Gasteiger partial charge in [0.15, 0.2) is 15.5 Å². The topological polar surface area (TPSA) is 128 Å². The number of nitrogens with one attached hydrogen (secondary N) is 1. The van der Waals surface area contributed by atoms with Crippen LogP contribution < -0.4 is 11.1 Å². The minimum atomic E-state index is -3.46. The molecule has 0 bridgehead atoms. The summed E-state index contributed by atoms with van der Waals surface area (Å²) in [5.74, 6) is -0.692. The Labute approximate surface area is 115 Å². The number of sulfone groups is 1. The minimum absolute atomic E-state index is 0.00670. The molecule has 0 aliphatic rings. The Hall–Kier alpha value is -2.55. The standard InChI is InChI=1S/C11H11N5O3S/c1-20(18,19)8-3-2-5-13-11(8)15-7-4-6-14-16-9(7)10(12)17/h2-6H,1H3,(H2,12,17)(H,13,14,15). The molecule has 0 aliphatic carbocycles. The van der Waals surface area contributed by atoms with Crippen LogP contribution >= 0.6 is 0 Å². The van der Waals surface area contributed by atoms with E-state index in [0.717, 1.165) is 6.26 Å². The van der Waals surface area contributed by atoms with Crippen molar-refractivity contribution in [3.8, 4) is 0 Å². The molecule has 0 saturated heterocycles. The maximum absolute atomic E-state index is 11.7. The Morgan fingerprint density at radius 3 is 2.70 bits per heavy atom. The van der Waals surface area contributed by atoms with Gasteiger partial charge in [0.1, 0.15) is 10.7 Å². The van der Waals surface area contributed by atoms with Crippen LogP contribution in [0.1, 0.15) is 10.5 Å². The van der Waals surface area contributed by atoms with Crippen molar-refractivity contribution < 1.29 is 13.2 Å². The van der Waals surface area contributed by atoms with Crippen molar-refractivity contribution >= 4 is 27.2 Å². The van der Waals surface area contributed by atoms with Gasteiger partial charge in [0.2, 0.25) is 0 Å². The normalized spacial score (nSPS) is 11.1. The van der Waals surface area contributed by atoms with Gasteiger partial charge in [0, 0.05) is 12.5 Å². The Morgan fingerprint density at radius 2 is 2.05 bits per heavy atom. The molecule has 0 atom stereocenters. The zero-order valence-corrected chi connectivity index (χ0v) is 11.3. The van der Waals surface area contributed by atoms with E-state index in [1.165, 1.54) is 30.6 Å². The maximum Gasteiger partial charge on any atom is 0.271 e. The van der Waals surface area contributed by atoms with E-state index in [1.807, 2.05) is 0 Å². The number of hydrogen-bond acceptors (Lipinski definition) is 7. The Kier molecular flexibility index (Phi) is 3.61. The van der Waals surface area contributed by atoms with Crippen molar-refractivity contribution in [3.63, 3.8) is 0 Å². The summed E-state index contributed by atoms with van der Waals surface area (Å²) in [5, 5.41) is 9.89. The summed E-state index contributed by atoms with van der Waals surface area (Å²) in [6.45, 7) is 0. The molecule has 1 amide bonds. The summed E-state index contributed by atoms with van der Waals surface area (Å²) in [5.41, 5.74) is 5.31. The summed E-state index contributed by atoms with van der Waals surface area (Å²) in [6, 6.07) is 4.36. The fraction of sp³-hybridized carbons (Fsp3) is 0.0909. The minimum Gasteiger partial charge on any atom is -0.364 e. The maximum atomic E-state index is 11.7. The second kappa shape index (κ2) is 5.21. The van der Waals surface area contributed by atoms with Gasteiger partial charge in [-0.15, -0.1) is 5.10 Å². The first-order valence-electron chi connectivity index (χ1n) is 5.43. The highest BCUT2D eigenvalue weighted by Crippen LogP contribution is 2.23. The molecule has 20 heavy (non-hydrogen) atoms. The number of rotatable bonds is 4. The molecule has 0 fully saturated rings. The Morgan fingerprint density at radius 1 is 1.30 bits per heavy atom. The highest BCUT2D eigenvalue weighted by molar-refractivity contribution is 7.90. The van der Waals surface area contributed by atoms with E-state index >= 15 is 0 Å². The highest BCUT2D eigenvalue weighted by Gasteiger charge is 2.17. The molecule has 0 aromatic carbocycles. The molecule has 2 aromatic heterocycles. The van der Waals surface area contributed by atoms with E-state index in [4.69, 9.17) is 5.73 Å². The number of carbonyl (C=O) groups excluding carboxylic acids is 1. The van der Waals surface area contributed by atoms with Gasteiger partial charge in [-0.05, 0) is 18.2 Å². The molecule has 2 heterocycles. The lowest BCUT2D eigenvalue weighted by molar-refractivity contribution is 0.0995. The van der Waals surface area contributed by atoms with Crippen molar-refractivity contribution in [2.45, 2.75) is 4.90 Å². The SMILES string of the molecule is CS(=O)(=O)c1cccnc1Nc1ccnnc1C(N)=O. The van der Waals surface area contributed by atoms with Crippen molar-refractivity contribution in [1.82, 2.24) is 15.2 Å². The van der Waals surface area contributed by atoms with Gasteiger partial charge in [-0.2, -0.15) is 5.10 Å². The fourth-order valence-electron chi connectivity index (χ4n) is 1.53. The predicted molar refractivity (Wildman–Crippen MR) is 71.2 cm³/mol. The van der Waals surface area contributed by atoms with Crippen LogP contribution in [-0.4, -0.2) is 35.8 Å². The number of primary amides is 1. The summed E-state index contributed by atoms with van der Waals surface area (Å²) in [4.78, 5) is 15.2. The molecule has 9 heteroatoms. The molecular formula is C11H11N5O3S. The van der Waals surface area contributed by atoms with E-state index in [0.29, 0.717) is 0 Å². The number of amides is 1. The van der Waals surface area contributed by atoms with E-state index in [2.05, 4.69) is 20.5 Å². The Bertz CT molecular complexity index is 760. The molecule has 3 N–H and O–H groups in total. The highest BCUT2D eigenvalue weighted by atomic mass is 32.2. The zero-order chi connectivity index (χ0) is 14.8. The lowest BCUT2D eigenvalue weighted by Crippen LogP contribution is -2.16. The van der Waals surface area contributed by atoms with Crippen molar-refractivity contribution in [3.05, 3.63) is 36.3 Å². The summed E-state index contributed by atoms with van der Waals surface area (Å²) in [6.07, 6.45) is 3.84. The third-order valence-electron chi connectivity index (χ3n) is 2.38. The smallest absolute Gasteiger partial charge is 0.271 e. The molecule has 8 nitrogen and oxygen atoms in total. The largest absolute Gasteiger partial charge is 0.364 e.